The highest BCUT2D eigenvalue weighted by Gasteiger charge is 2.32. The van der Waals surface area contributed by atoms with Crippen molar-refractivity contribution in [2.75, 3.05) is 12.0 Å². The third-order valence-corrected chi connectivity index (χ3v) is 3.15. The average molecular weight is 262 g/mol. The number of anilines is 1. The van der Waals surface area contributed by atoms with E-state index in [2.05, 4.69) is 5.32 Å². The van der Waals surface area contributed by atoms with Gasteiger partial charge in [-0.2, -0.15) is 0 Å². The molecule has 1 N–H and O–H groups in total. The van der Waals surface area contributed by atoms with Gasteiger partial charge in [0, 0.05) is 18.5 Å². The highest BCUT2D eigenvalue weighted by molar-refractivity contribution is 6.16. The van der Waals surface area contributed by atoms with Crippen LogP contribution in [0.1, 0.15) is 26.2 Å². The molecule has 1 aliphatic heterocycles. The lowest BCUT2D eigenvalue weighted by Crippen LogP contribution is -2.54. The molecule has 0 aromatic heterocycles. The van der Waals surface area contributed by atoms with Gasteiger partial charge >= 0.3 is 6.03 Å². The maximum atomic E-state index is 12.1. The molecular weight excluding hydrogens is 244 g/mol. The number of imide groups is 1. The van der Waals surface area contributed by atoms with Crippen molar-refractivity contribution < 1.29 is 14.3 Å². The average Bonchev–Trinajstić information content (AvgIpc) is 2.38. The third kappa shape index (κ3) is 2.86. The first kappa shape index (κ1) is 13.4. The van der Waals surface area contributed by atoms with Crippen molar-refractivity contribution in [3.05, 3.63) is 24.3 Å². The minimum Gasteiger partial charge on any atom is -0.497 e. The third-order valence-electron chi connectivity index (χ3n) is 3.15. The topological polar surface area (TPSA) is 58.6 Å². The summed E-state index contributed by atoms with van der Waals surface area (Å²) in [4.78, 5) is 25.3. The van der Waals surface area contributed by atoms with E-state index in [9.17, 15) is 9.59 Å². The molecule has 1 atom stereocenters. The molecule has 0 aliphatic carbocycles. The Morgan fingerprint density at radius 3 is 2.84 bits per heavy atom. The van der Waals surface area contributed by atoms with Gasteiger partial charge in [0.2, 0.25) is 5.91 Å². The van der Waals surface area contributed by atoms with E-state index in [1.165, 1.54) is 4.90 Å². The van der Waals surface area contributed by atoms with Crippen molar-refractivity contribution in [2.24, 2.45) is 0 Å². The number of hydrogen-bond acceptors (Lipinski definition) is 3. The van der Waals surface area contributed by atoms with Crippen LogP contribution in [-0.4, -0.2) is 25.1 Å². The second kappa shape index (κ2) is 5.73. The number of carbonyl (C=O) groups excluding carboxylic acids is 2. The van der Waals surface area contributed by atoms with E-state index in [0.29, 0.717) is 17.9 Å². The fraction of sp³-hybridized carbons (Fsp3) is 0.429. The minimum atomic E-state index is -0.358. The lowest BCUT2D eigenvalue weighted by Gasteiger charge is -2.31. The molecular formula is C14H18N2O3. The smallest absolute Gasteiger partial charge is 0.328 e. The summed E-state index contributed by atoms with van der Waals surface area (Å²) in [6.07, 6.45) is 2.11. The first-order chi connectivity index (χ1) is 9.15. The zero-order valence-electron chi connectivity index (χ0n) is 11.2. The number of carbonyl (C=O) groups is 2. The van der Waals surface area contributed by atoms with Crippen LogP contribution in [0.4, 0.5) is 10.5 Å². The molecule has 1 aromatic rings. The Morgan fingerprint density at radius 2 is 2.21 bits per heavy atom. The highest BCUT2D eigenvalue weighted by Crippen LogP contribution is 2.24. The number of rotatable bonds is 4. The summed E-state index contributed by atoms with van der Waals surface area (Å²) >= 11 is 0. The van der Waals surface area contributed by atoms with Crippen LogP contribution in [0.15, 0.2) is 24.3 Å². The normalized spacial score (nSPS) is 19.3. The number of nitrogens with one attached hydrogen (secondary N) is 1. The van der Waals surface area contributed by atoms with Crippen molar-refractivity contribution >= 4 is 17.6 Å². The Hall–Kier alpha value is -2.04. The van der Waals surface area contributed by atoms with Crippen LogP contribution in [0.3, 0.4) is 0 Å². The Balaban J connectivity index is 2.20. The number of nitrogens with zero attached hydrogens (tertiary/aromatic N) is 1. The molecule has 0 radical (unpaired) electrons. The molecule has 0 bridgehead atoms. The Morgan fingerprint density at radius 1 is 1.42 bits per heavy atom. The van der Waals surface area contributed by atoms with Gasteiger partial charge in [0.25, 0.3) is 0 Å². The van der Waals surface area contributed by atoms with E-state index < -0.39 is 0 Å². The summed E-state index contributed by atoms with van der Waals surface area (Å²) in [7, 11) is 1.55. The van der Waals surface area contributed by atoms with Gasteiger partial charge < -0.3 is 10.1 Å². The Kier molecular flexibility index (Phi) is 4.04. The van der Waals surface area contributed by atoms with Gasteiger partial charge in [0.05, 0.1) is 12.8 Å². The molecule has 2 rings (SSSR count). The molecule has 1 unspecified atom stereocenters. The van der Waals surface area contributed by atoms with Crippen LogP contribution in [0, 0.1) is 0 Å². The van der Waals surface area contributed by atoms with Gasteiger partial charge in [-0.25, -0.2) is 9.69 Å². The summed E-state index contributed by atoms with van der Waals surface area (Å²) in [6.45, 7) is 2.03. The quantitative estimate of drug-likeness (QED) is 0.905. The molecule has 1 heterocycles. The Bertz CT molecular complexity index is 469. The summed E-state index contributed by atoms with van der Waals surface area (Å²) in [5.41, 5.74) is 0.539. The van der Waals surface area contributed by atoms with E-state index in [1.54, 1.807) is 31.4 Å². The van der Waals surface area contributed by atoms with E-state index >= 15 is 0 Å². The lowest BCUT2D eigenvalue weighted by atomic mass is 10.1. The SMILES string of the molecule is CCCC1CC(=O)N(c2cccc(OC)c2)C(=O)N1. The maximum Gasteiger partial charge on any atom is 0.328 e. The maximum absolute atomic E-state index is 12.1. The fourth-order valence-corrected chi connectivity index (χ4v) is 2.24. The number of amides is 3. The summed E-state index contributed by atoms with van der Waals surface area (Å²) in [5.74, 6) is 0.448. The van der Waals surface area contributed by atoms with Crippen LogP contribution >= 0.6 is 0 Å². The number of methoxy groups -OCH3 is 1. The molecule has 5 heteroatoms. The van der Waals surface area contributed by atoms with Gasteiger partial charge in [-0.1, -0.05) is 19.4 Å². The molecule has 3 amide bonds. The molecule has 1 saturated heterocycles. The number of benzene rings is 1. The van der Waals surface area contributed by atoms with Crippen LogP contribution in [0.5, 0.6) is 5.75 Å². The van der Waals surface area contributed by atoms with Crippen LogP contribution in [-0.2, 0) is 4.79 Å². The van der Waals surface area contributed by atoms with Crippen LogP contribution in [0.2, 0.25) is 0 Å². The summed E-state index contributed by atoms with van der Waals surface area (Å²) in [6, 6.07) is 6.52. The van der Waals surface area contributed by atoms with Crippen molar-refractivity contribution in [3.63, 3.8) is 0 Å². The van der Waals surface area contributed by atoms with E-state index in [4.69, 9.17) is 4.74 Å². The van der Waals surface area contributed by atoms with E-state index in [-0.39, 0.29) is 18.0 Å². The second-order valence-electron chi connectivity index (χ2n) is 4.57. The van der Waals surface area contributed by atoms with Gasteiger partial charge in [0.1, 0.15) is 5.75 Å². The molecule has 0 spiro atoms. The van der Waals surface area contributed by atoms with Crippen LogP contribution < -0.4 is 15.0 Å². The highest BCUT2D eigenvalue weighted by atomic mass is 16.5. The van der Waals surface area contributed by atoms with Crippen molar-refractivity contribution in [1.29, 1.82) is 0 Å². The molecule has 0 saturated carbocycles. The van der Waals surface area contributed by atoms with Gasteiger partial charge in [0.15, 0.2) is 0 Å². The van der Waals surface area contributed by atoms with E-state index in [0.717, 1.165) is 12.8 Å². The van der Waals surface area contributed by atoms with Crippen molar-refractivity contribution in [2.45, 2.75) is 32.2 Å². The van der Waals surface area contributed by atoms with E-state index in [1.807, 2.05) is 6.92 Å². The summed E-state index contributed by atoms with van der Waals surface area (Å²) in [5, 5.41) is 2.86. The molecule has 5 nitrogen and oxygen atoms in total. The largest absolute Gasteiger partial charge is 0.497 e. The summed E-state index contributed by atoms with van der Waals surface area (Å²) < 4.78 is 5.11. The first-order valence-electron chi connectivity index (χ1n) is 6.43. The standard InChI is InChI=1S/C14H18N2O3/c1-3-5-10-8-13(17)16(14(18)15-10)11-6-4-7-12(9-11)19-2/h4,6-7,9-10H,3,5,8H2,1-2H3,(H,15,18). The molecule has 1 aromatic carbocycles. The molecule has 1 aliphatic rings. The van der Waals surface area contributed by atoms with Gasteiger partial charge in [-0.05, 0) is 18.6 Å². The molecule has 1 fully saturated rings. The predicted molar refractivity (Wildman–Crippen MR) is 72.3 cm³/mol. The number of ether oxygens (including phenoxy) is 1. The van der Waals surface area contributed by atoms with Gasteiger partial charge in [-0.15, -0.1) is 0 Å². The van der Waals surface area contributed by atoms with Crippen molar-refractivity contribution in [3.8, 4) is 5.75 Å². The van der Waals surface area contributed by atoms with Gasteiger partial charge in [-0.3, -0.25) is 4.79 Å². The molecule has 102 valence electrons. The lowest BCUT2D eigenvalue weighted by molar-refractivity contribution is -0.119. The van der Waals surface area contributed by atoms with Crippen molar-refractivity contribution in [1.82, 2.24) is 5.32 Å². The zero-order valence-corrected chi connectivity index (χ0v) is 11.2. The zero-order chi connectivity index (χ0) is 13.8. The first-order valence-corrected chi connectivity index (χ1v) is 6.43. The minimum absolute atomic E-state index is 0.0492. The second-order valence-corrected chi connectivity index (χ2v) is 4.57. The predicted octanol–water partition coefficient (Wildman–Crippen LogP) is 2.31. The number of urea groups is 1. The monoisotopic (exact) mass is 262 g/mol. The fourth-order valence-electron chi connectivity index (χ4n) is 2.24. The Labute approximate surface area is 112 Å². The molecule has 19 heavy (non-hydrogen) atoms. The van der Waals surface area contributed by atoms with Crippen LogP contribution in [0.25, 0.3) is 0 Å². The number of hydrogen-bond donors (Lipinski definition) is 1.